The number of hydrogen-bond acceptors (Lipinski definition) is 5. The van der Waals surface area contributed by atoms with Crippen molar-refractivity contribution >= 4 is 12.2 Å². The molecule has 0 heterocycles. The number of alkyl carbamates (subject to hydrolysis) is 2. The predicted octanol–water partition coefficient (Wildman–Crippen LogP) is 2.97. The molecule has 146 valence electrons. The number of aliphatic hydroxyl groups excluding tert-OH is 1. The lowest BCUT2D eigenvalue weighted by Crippen LogP contribution is -2.37. The number of aliphatic hydroxyl groups is 1. The van der Waals surface area contributed by atoms with Crippen LogP contribution < -0.4 is 10.6 Å². The van der Waals surface area contributed by atoms with Gasteiger partial charge < -0.3 is 25.2 Å². The molecule has 0 radical (unpaired) electrons. The lowest BCUT2D eigenvalue weighted by molar-refractivity contribution is 0.0526. The van der Waals surface area contributed by atoms with Crippen LogP contribution >= 0.6 is 0 Å². The number of benzene rings is 1. The van der Waals surface area contributed by atoms with Gasteiger partial charge in [-0.05, 0) is 45.6 Å². The maximum absolute atomic E-state index is 11.9. The minimum Gasteiger partial charge on any atom is -0.445 e. The summed E-state index contributed by atoms with van der Waals surface area (Å²) < 4.78 is 10.3. The van der Waals surface area contributed by atoms with Gasteiger partial charge >= 0.3 is 12.2 Å². The monoisotopic (exact) mass is 366 g/mol. The van der Waals surface area contributed by atoms with Gasteiger partial charge in [-0.2, -0.15) is 0 Å². The van der Waals surface area contributed by atoms with Gasteiger partial charge in [-0.25, -0.2) is 9.59 Å². The van der Waals surface area contributed by atoms with Crippen molar-refractivity contribution in [3.63, 3.8) is 0 Å². The zero-order valence-electron chi connectivity index (χ0n) is 15.8. The minimum atomic E-state index is -0.534. The summed E-state index contributed by atoms with van der Waals surface area (Å²) in [7, 11) is 0. The van der Waals surface area contributed by atoms with Gasteiger partial charge in [-0.15, -0.1) is 0 Å². The smallest absolute Gasteiger partial charge is 0.407 e. The molecule has 2 amide bonds. The van der Waals surface area contributed by atoms with Crippen molar-refractivity contribution in [3.05, 3.63) is 35.9 Å². The van der Waals surface area contributed by atoms with Gasteiger partial charge in [-0.1, -0.05) is 30.3 Å². The van der Waals surface area contributed by atoms with Crippen molar-refractivity contribution in [2.75, 3.05) is 13.2 Å². The SMILES string of the molecule is CC(C)(C)OC(=O)NCCCC(CCO)NC(=O)OCc1ccccc1. The van der Waals surface area contributed by atoms with Crippen LogP contribution in [0.2, 0.25) is 0 Å². The van der Waals surface area contributed by atoms with Crippen molar-refractivity contribution in [2.24, 2.45) is 0 Å². The van der Waals surface area contributed by atoms with E-state index < -0.39 is 17.8 Å². The quantitative estimate of drug-likeness (QED) is 0.584. The molecule has 0 fully saturated rings. The summed E-state index contributed by atoms with van der Waals surface area (Å²) >= 11 is 0. The van der Waals surface area contributed by atoms with Crippen LogP contribution in [0.25, 0.3) is 0 Å². The summed E-state index contributed by atoms with van der Waals surface area (Å²) in [4.78, 5) is 23.5. The molecule has 0 aliphatic heterocycles. The molecular formula is C19H30N2O5. The molecule has 0 spiro atoms. The van der Waals surface area contributed by atoms with E-state index in [4.69, 9.17) is 14.6 Å². The third kappa shape index (κ3) is 10.6. The van der Waals surface area contributed by atoms with Gasteiger partial charge in [0.25, 0.3) is 0 Å². The van der Waals surface area contributed by atoms with Gasteiger partial charge in [0.15, 0.2) is 0 Å². The van der Waals surface area contributed by atoms with Gasteiger partial charge in [0.1, 0.15) is 12.2 Å². The van der Waals surface area contributed by atoms with E-state index in [1.165, 1.54) is 0 Å². The first-order valence-corrected chi connectivity index (χ1v) is 8.85. The number of nitrogens with one attached hydrogen (secondary N) is 2. The molecular weight excluding hydrogens is 336 g/mol. The summed E-state index contributed by atoms with van der Waals surface area (Å²) in [5, 5.41) is 14.6. The number of hydrogen-bond donors (Lipinski definition) is 3. The molecule has 0 saturated heterocycles. The summed E-state index contributed by atoms with van der Waals surface area (Å²) in [6, 6.07) is 9.18. The summed E-state index contributed by atoms with van der Waals surface area (Å²) in [5.41, 5.74) is 0.371. The third-order valence-corrected chi connectivity index (χ3v) is 3.41. The van der Waals surface area contributed by atoms with Crippen molar-refractivity contribution in [1.82, 2.24) is 10.6 Å². The average molecular weight is 366 g/mol. The molecule has 1 unspecified atom stereocenters. The molecule has 0 aliphatic carbocycles. The molecule has 1 aromatic carbocycles. The number of ether oxygens (including phenoxy) is 2. The maximum Gasteiger partial charge on any atom is 0.407 e. The van der Waals surface area contributed by atoms with Crippen LogP contribution in [0.15, 0.2) is 30.3 Å². The first kappa shape index (κ1) is 21.8. The van der Waals surface area contributed by atoms with Crippen molar-refractivity contribution in [2.45, 2.75) is 58.3 Å². The van der Waals surface area contributed by atoms with Crippen LogP contribution in [0, 0.1) is 0 Å². The molecule has 7 nitrogen and oxygen atoms in total. The minimum absolute atomic E-state index is 0.0386. The first-order valence-electron chi connectivity index (χ1n) is 8.85. The highest BCUT2D eigenvalue weighted by Crippen LogP contribution is 2.07. The lowest BCUT2D eigenvalue weighted by atomic mass is 10.1. The average Bonchev–Trinajstić information content (AvgIpc) is 2.56. The highest BCUT2D eigenvalue weighted by molar-refractivity contribution is 5.68. The van der Waals surface area contributed by atoms with Crippen LogP contribution in [0.1, 0.15) is 45.6 Å². The summed E-state index contributed by atoms with van der Waals surface area (Å²) in [6.45, 7) is 5.98. The Kier molecular flexibility index (Phi) is 9.51. The Hall–Kier alpha value is -2.28. The number of amides is 2. The van der Waals surface area contributed by atoms with Gasteiger partial charge in [-0.3, -0.25) is 0 Å². The molecule has 0 bridgehead atoms. The topological polar surface area (TPSA) is 96.9 Å². The van der Waals surface area contributed by atoms with E-state index in [0.29, 0.717) is 25.8 Å². The van der Waals surface area contributed by atoms with E-state index in [9.17, 15) is 9.59 Å². The van der Waals surface area contributed by atoms with Crippen LogP contribution in [0.4, 0.5) is 9.59 Å². The largest absolute Gasteiger partial charge is 0.445 e. The third-order valence-electron chi connectivity index (χ3n) is 3.41. The lowest BCUT2D eigenvalue weighted by Gasteiger charge is -2.20. The van der Waals surface area contributed by atoms with E-state index in [0.717, 1.165) is 5.56 Å². The van der Waals surface area contributed by atoms with Gasteiger partial charge in [0.05, 0.1) is 0 Å². The second kappa shape index (κ2) is 11.4. The standard InChI is InChI=1S/C19H30N2O5/c1-19(2,3)26-17(23)20-12-7-10-16(11-13-22)21-18(24)25-14-15-8-5-4-6-9-15/h4-6,8-9,16,22H,7,10-14H2,1-3H3,(H,20,23)(H,21,24). The van der Waals surface area contributed by atoms with Crippen molar-refractivity contribution in [1.29, 1.82) is 0 Å². The Labute approximate surface area is 155 Å². The van der Waals surface area contributed by atoms with Gasteiger partial charge in [0, 0.05) is 19.2 Å². The van der Waals surface area contributed by atoms with E-state index in [-0.39, 0.29) is 19.3 Å². The maximum atomic E-state index is 11.9. The fourth-order valence-corrected chi connectivity index (χ4v) is 2.23. The highest BCUT2D eigenvalue weighted by Gasteiger charge is 2.16. The van der Waals surface area contributed by atoms with Crippen LogP contribution in [-0.2, 0) is 16.1 Å². The Morgan fingerprint density at radius 1 is 1.12 bits per heavy atom. The molecule has 0 aliphatic rings. The highest BCUT2D eigenvalue weighted by atomic mass is 16.6. The van der Waals surface area contributed by atoms with E-state index in [2.05, 4.69) is 10.6 Å². The van der Waals surface area contributed by atoms with E-state index in [1.807, 2.05) is 30.3 Å². The number of rotatable bonds is 9. The Morgan fingerprint density at radius 3 is 2.42 bits per heavy atom. The predicted molar refractivity (Wildman–Crippen MR) is 98.7 cm³/mol. The molecule has 0 saturated carbocycles. The van der Waals surface area contributed by atoms with Crippen molar-refractivity contribution in [3.8, 4) is 0 Å². The van der Waals surface area contributed by atoms with E-state index in [1.54, 1.807) is 20.8 Å². The number of carbonyl (C=O) groups is 2. The van der Waals surface area contributed by atoms with Crippen LogP contribution in [0.5, 0.6) is 0 Å². The summed E-state index contributed by atoms with van der Waals surface area (Å²) in [6.07, 6.45) is 0.686. The second-order valence-corrected chi connectivity index (χ2v) is 6.99. The molecule has 3 N–H and O–H groups in total. The molecule has 1 atom stereocenters. The zero-order valence-corrected chi connectivity index (χ0v) is 15.8. The summed E-state index contributed by atoms with van der Waals surface area (Å²) in [5.74, 6) is 0. The molecule has 26 heavy (non-hydrogen) atoms. The zero-order chi connectivity index (χ0) is 19.4. The second-order valence-electron chi connectivity index (χ2n) is 6.99. The fraction of sp³-hybridized carbons (Fsp3) is 0.579. The number of carbonyl (C=O) groups excluding carboxylic acids is 2. The Bertz CT molecular complexity index is 543. The molecule has 1 rings (SSSR count). The molecule has 7 heteroatoms. The van der Waals surface area contributed by atoms with E-state index >= 15 is 0 Å². The van der Waals surface area contributed by atoms with Crippen LogP contribution in [0.3, 0.4) is 0 Å². The van der Waals surface area contributed by atoms with Crippen molar-refractivity contribution < 1.29 is 24.2 Å². The Morgan fingerprint density at radius 2 is 1.81 bits per heavy atom. The van der Waals surface area contributed by atoms with Gasteiger partial charge in [0.2, 0.25) is 0 Å². The first-order chi connectivity index (χ1) is 12.3. The van der Waals surface area contributed by atoms with Crippen LogP contribution in [-0.4, -0.2) is 42.1 Å². The molecule has 0 aromatic heterocycles. The normalized spacial score (nSPS) is 12.2. The molecule has 1 aromatic rings. The Balaban J connectivity index is 2.27. The fourth-order valence-electron chi connectivity index (χ4n) is 2.23.